The van der Waals surface area contributed by atoms with Crippen LogP contribution in [-0.2, 0) is 17.3 Å². The molecule has 1 atom stereocenters. The molecule has 2 heterocycles. The lowest BCUT2D eigenvalue weighted by molar-refractivity contribution is 0.0856. The zero-order valence-corrected chi connectivity index (χ0v) is 29.5. The molecule has 1 aliphatic rings. The SMILES string of the molecule is CCCC(C)(CCC)c1cc(-c2ccccc2)c2c(c1)-c1ccc(-c3nnc(-c4ccc(C(C)(C)C)cc4)o3)c(c1)CC(C)(CC)O2. The molecule has 2 bridgehead atoms. The highest BCUT2D eigenvalue weighted by atomic mass is 16.5. The fourth-order valence-electron chi connectivity index (χ4n) is 7.21. The van der Waals surface area contributed by atoms with E-state index < -0.39 is 5.60 Å². The first-order valence-electron chi connectivity index (χ1n) is 17.5. The summed E-state index contributed by atoms with van der Waals surface area (Å²) >= 11 is 0. The third kappa shape index (κ3) is 6.52. The minimum absolute atomic E-state index is 0.0759. The summed E-state index contributed by atoms with van der Waals surface area (Å²) in [7, 11) is 0. The lowest BCUT2D eigenvalue weighted by atomic mass is 9.73. The van der Waals surface area contributed by atoms with Crippen LogP contribution in [0.15, 0.2) is 89.3 Å². The predicted molar refractivity (Wildman–Crippen MR) is 195 cm³/mol. The predicted octanol–water partition coefficient (Wildman–Crippen LogP) is 12.0. The Morgan fingerprint density at radius 2 is 1.28 bits per heavy atom. The van der Waals surface area contributed by atoms with Gasteiger partial charge in [-0.2, -0.15) is 0 Å². The lowest BCUT2D eigenvalue weighted by Gasteiger charge is -2.36. The summed E-state index contributed by atoms with van der Waals surface area (Å²) in [5, 5.41) is 9.03. The number of hydrogen-bond acceptors (Lipinski definition) is 4. The monoisotopic (exact) mass is 626 g/mol. The Morgan fingerprint density at radius 1 is 0.660 bits per heavy atom. The van der Waals surface area contributed by atoms with Gasteiger partial charge < -0.3 is 9.15 Å². The topological polar surface area (TPSA) is 48.2 Å². The van der Waals surface area contributed by atoms with Crippen LogP contribution in [0, 0.1) is 0 Å². The summed E-state index contributed by atoms with van der Waals surface area (Å²) < 4.78 is 13.6. The number of hydrogen-bond donors (Lipinski definition) is 0. The molecule has 4 heteroatoms. The first-order chi connectivity index (χ1) is 22.5. The van der Waals surface area contributed by atoms with E-state index in [2.05, 4.69) is 151 Å². The van der Waals surface area contributed by atoms with Crippen LogP contribution in [0.5, 0.6) is 5.75 Å². The van der Waals surface area contributed by atoms with E-state index in [4.69, 9.17) is 9.15 Å². The molecule has 4 nitrogen and oxygen atoms in total. The molecule has 1 unspecified atom stereocenters. The van der Waals surface area contributed by atoms with E-state index in [0.717, 1.165) is 72.1 Å². The van der Waals surface area contributed by atoms with Crippen LogP contribution in [0.4, 0.5) is 0 Å². The molecule has 0 fully saturated rings. The van der Waals surface area contributed by atoms with Crippen molar-refractivity contribution in [2.24, 2.45) is 0 Å². The molecule has 0 radical (unpaired) electrons. The average Bonchev–Trinajstić information content (AvgIpc) is 3.55. The smallest absolute Gasteiger partial charge is 0.248 e. The van der Waals surface area contributed by atoms with Gasteiger partial charge in [0.15, 0.2) is 0 Å². The summed E-state index contributed by atoms with van der Waals surface area (Å²) in [6, 6.07) is 30.7. The van der Waals surface area contributed by atoms with Crippen molar-refractivity contribution in [1.82, 2.24) is 10.2 Å². The van der Waals surface area contributed by atoms with Crippen molar-refractivity contribution < 1.29 is 9.15 Å². The van der Waals surface area contributed by atoms with Crippen molar-refractivity contribution in [3.05, 3.63) is 102 Å². The molecule has 0 aliphatic carbocycles. The van der Waals surface area contributed by atoms with Gasteiger partial charge in [0.25, 0.3) is 0 Å². The maximum absolute atomic E-state index is 7.20. The van der Waals surface area contributed by atoms with Crippen LogP contribution in [0.3, 0.4) is 0 Å². The van der Waals surface area contributed by atoms with E-state index in [0.29, 0.717) is 11.8 Å². The molecule has 6 rings (SSSR count). The summed E-state index contributed by atoms with van der Waals surface area (Å²) in [4.78, 5) is 0. The zero-order chi connectivity index (χ0) is 33.4. The van der Waals surface area contributed by atoms with Gasteiger partial charge in [0, 0.05) is 28.7 Å². The van der Waals surface area contributed by atoms with Gasteiger partial charge in [-0.3, -0.25) is 0 Å². The van der Waals surface area contributed by atoms with Crippen LogP contribution in [0.2, 0.25) is 0 Å². The van der Waals surface area contributed by atoms with Crippen molar-refractivity contribution in [2.45, 2.75) is 110 Å². The minimum atomic E-state index is -0.435. The Bertz CT molecular complexity index is 1840. The first-order valence-corrected chi connectivity index (χ1v) is 17.5. The Labute approximate surface area is 281 Å². The van der Waals surface area contributed by atoms with Crippen LogP contribution in [0.25, 0.3) is 45.2 Å². The van der Waals surface area contributed by atoms with Crippen LogP contribution < -0.4 is 4.74 Å². The van der Waals surface area contributed by atoms with Crippen molar-refractivity contribution in [2.75, 3.05) is 0 Å². The Morgan fingerprint density at radius 3 is 1.89 bits per heavy atom. The Hall–Kier alpha value is -4.18. The van der Waals surface area contributed by atoms with Gasteiger partial charge in [0.1, 0.15) is 11.4 Å². The summed E-state index contributed by atoms with van der Waals surface area (Å²) in [5.41, 5.74) is 10.1. The van der Waals surface area contributed by atoms with Gasteiger partial charge in [-0.25, -0.2) is 0 Å². The van der Waals surface area contributed by atoms with Crippen LogP contribution in [0.1, 0.15) is 104 Å². The van der Waals surface area contributed by atoms with E-state index in [1.54, 1.807) is 0 Å². The van der Waals surface area contributed by atoms with Crippen molar-refractivity contribution in [1.29, 1.82) is 0 Å². The quantitative estimate of drug-likeness (QED) is 0.163. The Kier molecular flexibility index (Phi) is 8.91. The van der Waals surface area contributed by atoms with E-state index in [1.807, 2.05) is 0 Å². The number of fused-ring (bicyclic) bond motifs is 4. The number of ether oxygens (including phenoxy) is 1. The summed E-state index contributed by atoms with van der Waals surface area (Å²) in [6.07, 6.45) is 6.15. The molecule has 0 amide bonds. The van der Waals surface area contributed by atoms with Crippen LogP contribution >= 0.6 is 0 Å². The summed E-state index contributed by atoms with van der Waals surface area (Å²) in [6.45, 7) is 18.1. The van der Waals surface area contributed by atoms with E-state index in [9.17, 15) is 0 Å². The maximum atomic E-state index is 7.20. The van der Waals surface area contributed by atoms with E-state index >= 15 is 0 Å². The molecule has 0 N–H and O–H groups in total. The lowest BCUT2D eigenvalue weighted by Crippen LogP contribution is -2.35. The number of rotatable bonds is 9. The van der Waals surface area contributed by atoms with Crippen LogP contribution in [-0.4, -0.2) is 15.8 Å². The fraction of sp³-hybridized carbons (Fsp3) is 0.395. The molecule has 0 saturated carbocycles. The molecular formula is C43H50N2O2. The second kappa shape index (κ2) is 12.8. The highest BCUT2D eigenvalue weighted by Gasteiger charge is 2.34. The van der Waals surface area contributed by atoms with E-state index in [1.165, 1.54) is 22.3 Å². The minimum Gasteiger partial charge on any atom is -0.486 e. The maximum Gasteiger partial charge on any atom is 0.248 e. The molecule has 0 spiro atoms. The Balaban J connectivity index is 1.50. The normalized spacial score (nSPS) is 16.3. The second-order valence-corrected chi connectivity index (χ2v) is 15.0. The average molecular weight is 627 g/mol. The van der Waals surface area contributed by atoms with Gasteiger partial charge in [0.2, 0.25) is 11.8 Å². The highest BCUT2D eigenvalue weighted by molar-refractivity contribution is 5.85. The van der Waals surface area contributed by atoms with E-state index in [-0.39, 0.29) is 10.8 Å². The molecule has 0 saturated heterocycles. The standard InChI is InChI=1S/C43H50N2O2/c1-9-23-42(7,24-10-2)34-26-36(29-15-13-12-14-16-29)38-37(27-34)31-19-22-35(32(25-31)28-43(8,11-3)47-38)40-45-44-39(46-40)30-17-20-33(21-18-30)41(4,5)6/h12-22,25-27H,9-11,23-24,28H2,1-8H3. The third-order valence-corrected chi connectivity index (χ3v) is 10.2. The first kappa shape index (κ1) is 32.7. The number of nitrogens with zero attached hydrogens (tertiary/aromatic N) is 2. The molecule has 244 valence electrons. The zero-order valence-electron chi connectivity index (χ0n) is 29.5. The van der Waals surface area contributed by atoms with Crippen molar-refractivity contribution >= 4 is 0 Å². The number of aromatic nitrogens is 2. The number of benzene rings is 4. The van der Waals surface area contributed by atoms with Gasteiger partial charge in [-0.15, -0.1) is 10.2 Å². The molecular weight excluding hydrogens is 576 g/mol. The fourth-order valence-corrected chi connectivity index (χ4v) is 7.21. The molecule has 5 aromatic rings. The summed E-state index contributed by atoms with van der Waals surface area (Å²) in [5.74, 6) is 2.04. The molecule has 47 heavy (non-hydrogen) atoms. The largest absolute Gasteiger partial charge is 0.486 e. The van der Waals surface area contributed by atoms with Gasteiger partial charge in [-0.1, -0.05) is 116 Å². The second-order valence-electron chi connectivity index (χ2n) is 15.0. The highest BCUT2D eigenvalue weighted by Crippen LogP contribution is 2.49. The van der Waals surface area contributed by atoms with Crippen molar-refractivity contribution in [3.63, 3.8) is 0 Å². The molecule has 1 aromatic heterocycles. The van der Waals surface area contributed by atoms with Gasteiger partial charge in [-0.05, 0) is 95.2 Å². The van der Waals surface area contributed by atoms with Gasteiger partial charge in [0.05, 0.1) is 0 Å². The third-order valence-electron chi connectivity index (χ3n) is 10.2. The molecule has 4 aromatic carbocycles. The van der Waals surface area contributed by atoms with Gasteiger partial charge >= 0.3 is 0 Å². The molecule has 1 aliphatic heterocycles. The van der Waals surface area contributed by atoms with Crippen molar-refractivity contribution in [3.8, 4) is 50.9 Å².